The number of rotatable bonds is 5. The van der Waals surface area contributed by atoms with E-state index in [4.69, 9.17) is 0 Å². The molecule has 3 rings (SSSR count). The maximum Gasteiger partial charge on any atom is 0.191 e. The second-order valence-electron chi connectivity index (χ2n) is 6.27. The largest absolute Gasteiger partial charge is 0.363 e. The summed E-state index contributed by atoms with van der Waals surface area (Å²) in [5.74, 6) is 1.42. The molecule has 0 aromatic carbocycles. The molecule has 1 unspecified atom stereocenters. The Bertz CT molecular complexity index is 620. The van der Waals surface area contributed by atoms with E-state index in [1.165, 1.54) is 10.6 Å². The number of thiophene rings is 2. The maximum absolute atomic E-state index is 4.39. The standard InChI is InChI=1S/C18H26N4S2.HI/c1-14(15-7-11-23-13-15)12-20-18(19-2)21-16-5-8-22(9-6-16)17-4-3-10-24-17;/h3-4,7,10-11,13-14,16H,5-6,8-9,12H2,1-2H3,(H2,19,20,21);1H. The van der Waals surface area contributed by atoms with Crippen LogP contribution in [0.1, 0.15) is 31.2 Å². The molecule has 1 aliphatic heterocycles. The van der Waals surface area contributed by atoms with Gasteiger partial charge in [-0.25, -0.2) is 0 Å². The van der Waals surface area contributed by atoms with Crippen LogP contribution in [0.5, 0.6) is 0 Å². The second kappa shape index (κ2) is 10.4. The highest BCUT2D eigenvalue weighted by Gasteiger charge is 2.20. The quantitative estimate of drug-likeness (QED) is 0.372. The fourth-order valence-electron chi connectivity index (χ4n) is 3.01. The fraction of sp³-hybridized carbons (Fsp3) is 0.500. The van der Waals surface area contributed by atoms with Crippen molar-refractivity contribution in [2.24, 2.45) is 4.99 Å². The van der Waals surface area contributed by atoms with Gasteiger partial charge in [0.05, 0.1) is 5.00 Å². The maximum atomic E-state index is 4.39. The number of piperidine rings is 1. The number of guanidine groups is 1. The van der Waals surface area contributed by atoms with Gasteiger partial charge in [-0.2, -0.15) is 11.3 Å². The molecule has 2 aromatic heterocycles. The summed E-state index contributed by atoms with van der Waals surface area (Å²) in [7, 11) is 1.85. The molecule has 0 radical (unpaired) electrons. The van der Waals surface area contributed by atoms with Gasteiger partial charge in [-0.1, -0.05) is 6.92 Å². The molecule has 0 bridgehead atoms. The van der Waals surface area contributed by atoms with Gasteiger partial charge < -0.3 is 15.5 Å². The molecule has 2 N–H and O–H groups in total. The van der Waals surface area contributed by atoms with Crippen LogP contribution in [0.2, 0.25) is 0 Å². The monoisotopic (exact) mass is 490 g/mol. The van der Waals surface area contributed by atoms with Crippen molar-refractivity contribution in [1.29, 1.82) is 0 Å². The Morgan fingerprint density at radius 1 is 1.32 bits per heavy atom. The van der Waals surface area contributed by atoms with E-state index < -0.39 is 0 Å². The number of anilines is 1. The first kappa shape index (κ1) is 20.5. The molecule has 0 spiro atoms. The molecule has 1 saturated heterocycles. The molecule has 0 amide bonds. The molecule has 0 saturated carbocycles. The SMILES string of the molecule is CN=C(NCC(C)c1ccsc1)NC1CCN(c2cccs2)CC1.I. The molecule has 1 atom stereocenters. The van der Waals surface area contributed by atoms with Gasteiger partial charge in [0.2, 0.25) is 0 Å². The van der Waals surface area contributed by atoms with Crippen LogP contribution < -0.4 is 15.5 Å². The Morgan fingerprint density at radius 3 is 2.72 bits per heavy atom. The second-order valence-corrected chi connectivity index (χ2v) is 7.97. The van der Waals surface area contributed by atoms with Crippen molar-refractivity contribution >= 4 is 57.6 Å². The van der Waals surface area contributed by atoms with E-state index in [0.717, 1.165) is 38.4 Å². The molecular weight excluding hydrogens is 463 g/mol. The van der Waals surface area contributed by atoms with E-state index in [0.29, 0.717) is 12.0 Å². The van der Waals surface area contributed by atoms with Gasteiger partial charge in [0, 0.05) is 32.7 Å². The summed E-state index contributed by atoms with van der Waals surface area (Å²) in [6.45, 7) is 5.38. The molecule has 3 heterocycles. The summed E-state index contributed by atoms with van der Waals surface area (Å²) in [4.78, 5) is 6.87. The third-order valence-electron chi connectivity index (χ3n) is 4.57. The lowest BCUT2D eigenvalue weighted by Crippen LogP contribution is -2.49. The van der Waals surface area contributed by atoms with E-state index in [1.807, 2.05) is 18.4 Å². The zero-order valence-corrected chi connectivity index (χ0v) is 18.7. The number of nitrogens with one attached hydrogen (secondary N) is 2. The molecule has 1 aliphatic rings. The summed E-state index contributed by atoms with van der Waals surface area (Å²) in [6, 6.07) is 7.05. The molecule has 1 fully saturated rings. The van der Waals surface area contributed by atoms with Crippen molar-refractivity contribution in [3.8, 4) is 0 Å². The van der Waals surface area contributed by atoms with Gasteiger partial charge in [0.1, 0.15) is 0 Å². The Balaban J connectivity index is 0.00000225. The van der Waals surface area contributed by atoms with Crippen molar-refractivity contribution in [2.45, 2.75) is 31.7 Å². The highest BCUT2D eigenvalue weighted by molar-refractivity contribution is 14.0. The van der Waals surface area contributed by atoms with E-state index in [9.17, 15) is 0 Å². The number of hydrogen-bond acceptors (Lipinski definition) is 4. The first-order valence-electron chi connectivity index (χ1n) is 8.54. The molecule has 138 valence electrons. The van der Waals surface area contributed by atoms with E-state index in [2.05, 4.69) is 61.8 Å². The van der Waals surface area contributed by atoms with Crippen molar-refractivity contribution in [2.75, 3.05) is 31.6 Å². The van der Waals surface area contributed by atoms with E-state index in [-0.39, 0.29) is 24.0 Å². The molecule has 2 aromatic rings. The van der Waals surface area contributed by atoms with E-state index >= 15 is 0 Å². The van der Waals surface area contributed by atoms with Crippen molar-refractivity contribution in [3.63, 3.8) is 0 Å². The van der Waals surface area contributed by atoms with Crippen LogP contribution in [0.25, 0.3) is 0 Å². The molecule has 4 nitrogen and oxygen atoms in total. The highest BCUT2D eigenvalue weighted by Crippen LogP contribution is 2.24. The Kier molecular flexibility index (Phi) is 8.51. The van der Waals surface area contributed by atoms with Crippen molar-refractivity contribution in [1.82, 2.24) is 10.6 Å². The Morgan fingerprint density at radius 2 is 2.12 bits per heavy atom. The average Bonchev–Trinajstić information content (AvgIpc) is 3.32. The molecule has 25 heavy (non-hydrogen) atoms. The Labute approximate surface area is 175 Å². The summed E-state index contributed by atoms with van der Waals surface area (Å²) in [5, 5.41) is 15.0. The first-order valence-corrected chi connectivity index (χ1v) is 10.4. The van der Waals surface area contributed by atoms with Crippen LogP contribution >= 0.6 is 46.7 Å². The van der Waals surface area contributed by atoms with Crippen molar-refractivity contribution < 1.29 is 0 Å². The first-order chi connectivity index (χ1) is 11.8. The average molecular weight is 490 g/mol. The minimum atomic E-state index is 0. The van der Waals surface area contributed by atoms with Crippen LogP contribution in [0, 0.1) is 0 Å². The third kappa shape index (κ3) is 5.86. The lowest BCUT2D eigenvalue weighted by atomic mass is 10.0. The molecule has 7 heteroatoms. The van der Waals surface area contributed by atoms with E-state index in [1.54, 1.807) is 11.3 Å². The zero-order chi connectivity index (χ0) is 16.8. The van der Waals surface area contributed by atoms with Crippen LogP contribution in [0.3, 0.4) is 0 Å². The number of nitrogens with zero attached hydrogens (tertiary/aromatic N) is 2. The smallest absolute Gasteiger partial charge is 0.191 e. The lowest BCUT2D eigenvalue weighted by molar-refractivity contribution is 0.462. The summed E-state index contributed by atoms with van der Waals surface area (Å²) in [6.07, 6.45) is 2.30. The summed E-state index contributed by atoms with van der Waals surface area (Å²) >= 11 is 3.59. The van der Waals surface area contributed by atoms with Crippen LogP contribution in [-0.4, -0.2) is 38.7 Å². The van der Waals surface area contributed by atoms with Gasteiger partial charge in [-0.05, 0) is 58.7 Å². The third-order valence-corrected chi connectivity index (χ3v) is 6.20. The molecular formula is C18H27IN4S2. The normalized spacial score (nSPS) is 17.0. The highest BCUT2D eigenvalue weighted by atomic mass is 127. The number of hydrogen-bond donors (Lipinski definition) is 2. The van der Waals surface area contributed by atoms with Gasteiger partial charge in [0.25, 0.3) is 0 Å². The lowest BCUT2D eigenvalue weighted by Gasteiger charge is -2.33. The predicted molar refractivity (Wildman–Crippen MR) is 122 cm³/mol. The number of halogens is 1. The van der Waals surface area contributed by atoms with Gasteiger partial charge in [-0.3, -0.25) is 4.99 Å². The molecule has 0 aliphatic carbocycles. The van der Waals surface area contributed by atoms with Crippen LogP contribution in [-0.2, 0) is 0 Å². The van der Waals surface area contributed by atoms with Crippen LogP contribution in [0.4, 0.5) is 5.00 Å². The van der Waals surface area contributed by atoms with Gasteiger partial charge >= 0.3 is 0 Å². The zero-order valence-electron chi connectivity index (χ0n) is 14.8. The van der Waals surface area contributed by atoms with Crippen molar-refractivity contribution in [3.05, 3.63) is 39.9 Å². The van der Waals surface area contributed by atoms with Crippen LogP contribution in [0.15, 0.2) is 39.3 Å². The number of aliphatic imine (C=N–C) groups is 1. The van der Waals surface area contributed by atoms with Gasteiger partial charge in [0.15, 0.2) is 5.96 Å². The topological polar surface area (TPSA) is 39.7 Å². The predicted octanol–water partition coefficient (Wildman–Crippen LogP) is 4.37. The van der Waals surface area contributed by atoms with Gasteiger partial charge in [-0.15, -0.1) is 35.3 Å². The Hall–Kier alpha value is -0.800. The summed E-state index contributed by atoms with van der Waals surface area (Å²) in [5.41, 5.74) is 1.40. The minimum absolute atomic E-state index is 0. The summed E-state index contributed by atoms with van der Waals surface area (Å²) < 4.78 is 0. The fourth-order valence-corrected chi connectivity index (χ4v) is 4.57. The minimum Gasteiger partial charge on any atom is -0.363 e.